The first-order valence-electron chi connectivity index (χ1n) is 5.43. The smallest absolute Gasteiger partial charge is 0.116 e. The molecule has 0 spiro atoms. The van der Waals surface area contributed by atoms with E-state index in [-0.39, 0.29) is 6.10 Å². The lowest BCUT2D eigenvalue weighted by Gasteiger charge is -2.39. The van der Waals surface area contributed by atoms with E-state index in [2.05, 4.69) is 4.98 Å². The molecule has 1 heterocycles. The van der Waals surface area contributed by atoms with Crippen LogP contribution in [0.3, 0.4) is 0 Å². The third-order valence-electron chi connectivity index (χ3n) is 3.27. The Morgan fingerprint density at radius 3 is 2.80 bits per heavy atom. The van der Waals surface area contributed by atoms with E-state index in [0.717, 1.165) is 31.2 Å². The van der Waals surface area contributed by atoms with E-state index in [1.165, 1.54) is 0 Å². The molecule has 1 aliphatic carbocycles. The lowest BCUT2D eigenvalue weighted by molar-refractivity contribution is -0.122. The fourth-order valence-corrected chi connectivity index (χ4v) is 2.41. The van der Waals surface area contributed by atoms with Crippen molar-refractivity contribution in [2.45, 2.75) is 37.4 Å². The number of ether oxygens (including phenoxy) is 1. The first-order chi connectivity index (χ1) is 7.27. The minimum absolute atomic E-state index is 0.0892. The van der Waals surface area contributed by atoms with Gasteiger partial charge < -0.3 is 9.84 Å². The van der Waals surface area contributed by atoms with Crippen LogP contribution in [0, 0.1) is 0 Å². The van der Waals surface area contributed by atoms with Gasteiger partial charge in [0.05, 0.1) is 6.10 Å². The molecule has 1 saturated carbocycles. The van der Waals surface area contributed by atoms with Gasteiger partial charge >= 0.3 is 0 Å². The third-order valence-corrected chi connectivity index (χ3v) is 3.27. The Hall–Kier alpha value is -0.930. The van der Waals surface area contributed by atoms with E-state index in [9.17, 15) is 5.11 Å². The molecule has 82 valence electrons. The molecular weight excluding hydrogens is 190 g/mol. The Balaban J connectivity index is 2.30. The first-order valence-corrected chi connectivity index (χ1v) is 5.43. The molecule has 0 amide bonds. The fourth-order valence-electron chi connectivity index (χ4n) is 2.41. The summed E-state index contributed by atoms with van der Waals surface area (Å²) in [6, 6.07) is 3.74. The van der Waals surface area contributed by atoms with Gasteiger partial charge in [0, 0.05) is 19.5 Å². The Bertz CT molecular complexity index is 315. The van der Waals surface area contributed by atoms with Crippen LogP contribution in [0.25, 0.3) is 0 Å². The van der Waals surface area contributed by atoms with Crippen molar-refractivity contribution >= 4 is 0 Å². The number of pyridine rings is 1. The predicted molar refractivity (Wildman–Crippen MR) is 57.4 cm³/mol. The topological polar surface area (TPSA) is 42.4 Å². The molecule has 1 N–H and O–H groups in total. The van der Waals surface area contributed by atoms with E-state index >= 15 is 0 Å². The molecule has 0 bridgehead atoms. The molecule has 0 aromatic carbocycles. The standard InChI is InChI=1S/C12H17NO2/c1-15-11-4-2-3-7-12(11,14)10-5-8-13-9-6-10/h5-6,8-9,11,14H,2-4,7H2,1H3/t11-,12-/m0/s1. The maximum Gasteiger partial charge on any atom is 0.116 e. The highest BCUT2D eigenvalue weighted by Gasteiger charge is 2.40. The zero-order valence-corrected chi connectivity index (χ0v) is 9.02. The van der Waals surface area contributed by atoms with Gasteiger partial charge in [0.2, 0.25) is 0 Å². The second kappa shape index (κ2) is 4.29. The normalized spacial score (nSPS) is 31.5. The van der Waals surface area contributed by atoms with Gasteiger partial charge in [-0.2, -0.15) is 0 Å². The summed E-state index contributed by atoms with van der Waals surface area (Å²) < 4.78 is 5.39. The minimum atomic E-state index is -0.823. The van der Waals surface area contributed by atoms with Gasteiger partial charge in [-0.15, -0.1) is 0 Å². The molecule has 1 fully saturated rings. The molecule has 0 aliphatic heterocycles. The summed E-state index contributed by atoms with van der Waals surface area (Å²) in [5.74, 6) is 0. The average molecular weight is 207 g/mol. The highest BCUT2D eigenvalue weighted by molar-refractivity contribution is 5.21. The van der Waals surface area contributed by atoms with Crippen LogP contribution < -0.4 is 0 Å². The molecule has 0 saturated heterocycles. The van der Waals surface area contributed by atoms with Gasteiger partial charge in [0.15, 0.2) is 0 Å². The summed E-state index contributed by atoms with van der Waals surface area (Å²) in [5, 5.41) is 10.6. The van der Waals surface area contributed by atoms with Crippen molar-refractivity contribution in [2.24, 2.45) is 0 Å². The number of aromatic nitrogens is 1. The van der Waals surface area contributed by atoms with E-state index < -0.39 is 5.60 Å². The van der Waals surface area contributed by atoms with Crippen LogP contribution in [-0.2, 0) is 10.3 Å². The van der Waals surface area contributed by atoms with Crippen molar-refractivity contribution in [3.8, 4) is 0 Å². The summed E-state index contributed by atoms with van der Waals surface area (Å²) in [6.07, 6.45) is 7.23. The van der Waals surface area contributed by atoms with Crippen LogP contribution in [0.1, 0.15) is 31.2 Å². The number of methoxy groups -OCH3 is 1. The van der Waals surface area contributed by atoms with Gasteiger partial charge in [-0.25, -0.2) is 0 Å². The number of nitrogens with zero attached hydrogens (tertiary/aromatic N) is 1. The second-order valence-electron chi connectivity index (χ2n) is 4.13. The van der Waals surface area contributed by atoms with E-state index in [1.807, 2.05) is 12.1 Å². The molecule has 0 radical (unpaired) electrons. The first kappa shape index (κ1) is 10.6. The lowest BCUT2D eigenvalue weighted by Crippen LogP contribution is -2.43. The number of aliphatic hydroxyl groups is 1. The second-order valence-corrected chi connectivity index (χ2v) is 4.13. The monoisotopic (exact) mass is 207 g/mol. The van der Waals surface area contributed by atoms with Crippen molar-refractivity contribution in [3.05, 3.63) is 30.1 Å². The zero-order chi connectivity index (χ0) is 10.7. The predicted octanol–water partition coefficient (Wildman–Crippen LogP) is 1.86. The van der Waals surface area contributed by atoms with Gasteiger partial charge in [0.25, 0.3) is 0 Å². The van der Waals surface area contributed by atoms with E-state index in [4.69, 9.17) is 4.74 Å². The quantitative estimate of drug-likeness (QED) is 0.804. The number of rotatable bonds is 2. The molecule has 3 heteroatoms. The molecule has 1 aromatic heterocycles. The third kappa shape index (κ3) is 1.90. The zero-order valence-electron chi connectivity index (χ0n) is 9.02. The Kier molecular flexibility index (Phi) is 3.03. The van der Waals surface area contributed by atoms with Crippen molar-refractivity contribution in [2.75, 3.05) is 7.11 Å². The van der Waals surface area contributed by atoms with Crippen LogP contribution in [0.2, 0.25) is 0 Å². The van der Waals surface area contributed by atoms with Crippen LogP contribution in [-0.4, -0.2) is 23.3 Å². The van der Waals surface area contributed by atoms with Crippen molar-refractivity contribution in [3.63, 3.8) is 0 Å². The van der Waals surface area contributed by atoms with Gasteiger partial charge in [-0.3, -0.25) is 4.98 Å². The van der Waals surface area contributed by atoms with Gasteiger partial charge in [-0.05, 0) is 30.5 Å². The lowest BCUT2D eigenvalue weighted by atomic mass is 9.77. The highest BCUT2D eigenvalue weighted by atomic mass is 16.5. The van der Waals surface area contributed by atoms with Gasteiger partial charge in [-0.1, -0.05) is 12.8 Å². The van der Waals surface area contributed by atoms with Crippen LogP contribution in [0.4, 0.5) is 0 Å². The summed E-state index contributed by atoms with van der Waals surface area (Å²) in [7, 11) is 1.67. The van der Waals surface area contributed by atoms with E-state index in [1.54, 1.807) is 19.5 Å². The molecule has 1 aromatic rings. The number of hydrogen-bond acceptors (Lipinski definition) is 3. The van der Waals surface area contributed by atoms with Crippen LogP contribution in [0.15, 0.2) is 24.5 Å². The maximum atomic E-state index is 10.6. The number of hydrogen-bond donors (Lipinski definition) is 1. The minimum Gasteiger partial charge on any atom is -0.382 e. The molecule has 0 unspecified atom stereocenters. The molecule has 15 heavy (non-hydrogen) atoms. The molecule has 3 nitrogen and oxygen atoms in total. The Morgan fingerprint density at radius 2 is 2.13 bits per heavy atom. The van der Waals surface area contributed by atoms with Crippen LogP contribution in [0.5, 0.6) is 0 Å². The molecule has 1 aliphatic rings. The van der Waals surface area contributed by atoms with Crippen molar-refractivity contribution in [1.82, 2.24) is 4.98 Å². The largest absolute Gasteiger partial charge is 0.382 e. The summed E-state index contributed by atoms with van der Waals surface area (Å²) >= 11 is 0. The van der Waals surface area contributed by atoms with Crippen LogP contribution >= 0.6 is 0 Å². The maximum absolute atomic E-state index is 10.6. The highest BCUT2D eigenvalue weighted by Crippen LogP contribution is 2.38. The summed E-state index contributed by atoms with van der Waals surface area (Å²) in [6.45, 7) is 0. The average Bonchev–Trinajstić information content (AvgIpc) is 2.31. The fraction of sp³-hybridized carbons (Fsp3) is 0.583. The van der Waals surface area contributed by atoms with Crippen molar-refractivity contribution in [1.29, 1.82) is 0 Å². The van der Waals surface area contributed by atoms with Gasteiger partial charge in [0.1, 0.15) is 5.60 Å². The van der Waals surface area contributed by atoms with E-state index in [0.29, 0.717) is 0 Å². The summed E-state index contributed by atoms with van der Waals surface area (Å²) in [5.41, 5.74) is 0.0969. The SMILES string of the molecule is CO[C@H]1CCCC[C@]1(O)c1ccncc1. The Labute approximate surface area is 90.1 Å². The molecular formula is C12H17NO2. The van der Waals surface area contributed by atoms with Crippen molar-refractivity contribution < 1.29 is 9.84 Å². The molecule has 2 rings (SSSR count). The molecule has 2 atom stereocenters. The summed E-state index contributed by atoms with van der Waals surface area (Å²) in [4.78, 5) is 3.97. The Morgan fingerprint density at radius 1 is 1.40 bits per heavy atom.